The van der Waals surface area contributed by atoms with Gasteiger partial charge in [0.1, 0.15) is 11.5 Å². The molecule has 1 heterocycles. The second-order valence-corrected chi connectivity index (χ2v) is 13.9. The molecule has 0 spiro atoms. The predicted octanol–water partition coefficient (Wildman–Crippen LogP) is 8.75. The molecule has 1 aliphatic rings. The summed E-state index contributed by atoms with van der Waals surface area (Å²) in [5.41, 5.74) is 10.1. The lowest BCUT2D eigenvalue weighted by Gasteiger charge is -2.32. The standard InChI is InChI=1S/C46H48N4O2/c1-31-23-37-27-47-41(33-15-7-3-8-16-33)43(35-19-11-5-12-20-35)49-29-39-25-32(2)26-40(46(39)52)30-50-44(36-21-13-6-14-22-36)42(34-17-9-4-10-18-34)48-28-38(24-31)45(37)51/h3-26,41-44,47-52H,27-30H2,1-2H3/t41-,42-,43-,44-/m0/s1. The van der Waals surface area contributed by atoms with Crippen LogP contribution in [-0.4, -0.2) is 10.2 Å². The maximum absolute atomic E-state index is 11.8. The van der Waals surface area contributed by atoms with Crippen LogP contribution in [0.4, 0.5) is 0 Å². The third-order valence-corrected chi connectivity index (χ3v) is 10.2. The Labute approximate surface area is 307 Å². The molecule has 6 N–H and O–H groups in total. The average Bonchev–Trinajstić information content (AvgIpc) is 3.18. The molecule has 7 rings (SSSR count). The number of hydrogen-bond acceptors (Lipinski definition) is 6. The number of fused-ring (bicyclic) bond motifs is 4. The number of nitrogens with one attached hydrogen (secondary N) is 4. The molecule has 1 aliphatic heterocycles. The lowest BCUT2D eigenvalue weighted by atomic mass is 9.91. The van der Waals surface area contributed by atoms with Crippen molar-refractivity contribution in [3.05, 3.63) is 201 Å². The Morgan fingerprint density at radius 2 is 0.577 bits per heavy atom. The molecule has 4 atom stereocenters. The topological polar surface area (TPSA) is 88.6 Å². The van der Waals surface area contributed by atoms with Crippen molar-refractivity contribution in [3.8, 4) is 11.5 Å². The Morgan fingerprint density at radius 1 is 0.365 bits per heavy atom. The van der Waals surface area contributed by atoms with E-state index in [0.717, 1.165) is 55.6 Å². The molecule has 0 fully saturated rings. The fraction of sp³-hybridized carbons (Fsp3) is 0.217. The minimum Gasteiger partial charge on any atom is -0.507 e. The van der Waals surface area contributed by atoms with Crippen LogP contribution in [0.3, 0.4) is 0 Å². The van der Waals surface area contributed by atoms with Gasteiger partial charge < -0.3 is 31.5 Å². The highest BCUT2D eigenvalue weighted by Gasteiger charge is 2.28. The van der Waals surface area contributed by atoms with E-state index in [1.165, 1.54) is 0 Å². The summed E-state index contributed by atoms with van der Waals surface area (Å²) in [4.78, 5) is 0. The third-order valence-electron chi connectivity index (χ3n) is 10.2. The molecule has 0 saturated carbocycles. The molecule has 6 aromatic rings. The second-order valence-electron chi connectivity index (χ2n) is 13.9. The van der Waals surface area contributed by atoms with E-state index in [9.17, 15) is 10.2 Å². The van der Waals surface area contributed by atoms with E-state index in [4.69, 9.17) is 0 Å². The monoisotopic (exact) mass is 688 g/mol. The lowest BCUT2D eigenvalue weighted by Crippen LogP contribution is -2.36. The fourth-order valence-corrected chi connectivity index (χ4v) is 7.64. The van der Waals surface area contributed by atoms with E-state index >= 15 is 0 Å². The van der Waals surface area contributed by atoms with Gasteiger partial charge in [0, 0.05) is 48.4 Å². The van der Waals surface area contributed by atoms with Gasteiger partial charge in [-0.25, -0.2) is 0 Å². The highest BCUT2D eigenvalue weighted by molar-refractivity contribution is 5.45. The van der Waals surface area contributed by atoms with Gasteiger partial charge in [0.2, 0.25) is 0 Å². The summed E-state index contributed by atoms with van der Waals surface area (Å²) in [6.45, 7) is 6.02. The van der Waals surface area contributed by atoms with Crippen LogP contribution in [0.1, 0.15) is 79.8 Å². The number of phenolic OH excluding ortho intramolecular Hbond substituents is 2. The number of benzene rings is 6. The summed E-state index contributed by atoms with van der Waals surface area (Å²) >= 11 is 0. The Morgan fingerprint density at radius 3 is 0.788 bits per heavy atom. The van der Waals surface area contributed by atoms with E-state index in [1.807, 2.05) is 24.3 Å². The maximum Gasteiger partial charge on any atom is 0.124 e. The van der Waals surface area contributed by atoms with Crippen LogP contribution in [0.15, 0.2) is 146 Å². The van der Waals surface area contributed by atoms with Crippen molar-refractivity contribution in [1.82, 2.24) is 21.3 Å². The summed E-state index contributed by atoms with van der Waals surface area (Å²) in [6.07, 6.45) is 0. The van der Waals surface area contributed by atoms with Crippen molar-refractivity contribution in [2.45, 2.75) is 64.2 Å². The molecule has 6 aromatic carbocycles. The van der Waals surface area contributed by atoms with Gasteiger partial charge in [0.05, 0.1) is 24.2 Å². The molecule has 264 valence electrons. The van der Waals surface area contributed by atoms with Gasteiger partial charge in [0.25, 0.3) is 0 Å². The summed E-state index contributed by atoms with van der Waals surface area (Å²) in [7, 11) is 0. The normalized spacial score (nSPS) is 20.0. The Kier molecular flexibility index (Phi) is 11.1. The molecule has 0 unspecified atom stereocenters. The van der Waals surface area contributed by atoms with Crippen LogP contribution in [0.25, 0.3) is 0 Å². The van der Waals surface area contributed by atoms with Crippen molar-refractivity contribution in [3.63, 3.8) is 0 Å². The van der Waals surface area contributed by atoms with Crippen molar-refractivity contribution < 1.29 is 10.2 Å². The molecule has 4 bridgehead atoms. The van der Waals surface area contributed by atoms with E-state index < -0.39 is 0 Å². The molecular weight excluding hydrogens is 641 g/mol. The number of rotatable bonds is 4. The molecule has 0 amide bonds. The average molecular weight is 689 g/mol. The molecule has 0 aliphatic carbocycles. The predicted molar refractivity (Wildman–Crippen MR) is 210 cm³/mol. The van der Waals surface area contributed by atoms with Crippen LogP contribution < -0.4 is 21.3 Å². The molecule has 0 radical (unpaired) electrons. The van der Waals surface area contributed by atoms with Gasteiger partial charge >= 0.3 is 0 Å². The quantitative estimate of drug-likeness (QED) is 0.111. The van der Waals surface area contributed by atoms with Crippen molar-refractivity contribution in [2.75, 3.05) is 0 Å². The first-order chi connectivity index (χ1) is 25.4. The molecule has 0 aromatic heterocycles. The zero-order valence-corrected chi connectivity index (χ0v) is 29.9. The molecular formula is C46H48N4O2. The Balaban J connectivity index is 1.35. The molecule has 52 heavy (non-hydrogen) atoms. The summed E-state index contributed by atoms with van der Waals surface area (Å²) in [6, 6.07) is 49.5. The number of aryl methyl sites for hydroxylation is 2. The molecule has 6 nitrogen and oxygen atoms in total. The molecule has 0 saturated heterocycles. The van der Waals surface area contributed by atoms with E-state index in [1.54, 1.807) is 0 Å². The van der Waals surface area contributed by atoms with E-state index in [0.29, 0.717) is 37.7 Å². The number of aromatic hydroxyl groups is 2. The lowest BCUT2D eigenvalue weighted by molar-refractivity contribution is 0.362. The number of phenols is 2. The Hall–Kier alpha value is -5.24. The van der Waals surface area contributed by atoms with Gasteiger partial charge in [0.15, 0.2) is 0 Å². The first-order valence-corrected chi connectivity index (χ1v) is 18.2. The zero-order chi connectivity index (χ0) is 35.9. The van der Waals surface area contributed by atoms with Crippen LogP contribution in [0.2, 0.25) is 0 Å². The van der Waals surface area contributed by atoms with Crippen LogP contribution in [0.5, 0.6) is 11.5 Å². The fourth-order valence-electron chi connectivity index (χ4n) is 7.64. The summed E-state index contributed by atoms with van der Waals surface area (Å²) in [5.74, 6) is 0.600. The van der Waals surface area contributed by atoms with Gasteiger partial charge in [-0.15, -0.1) is 0 Å². The minimum absolute atomic E-state index is 0.147. The summed E-state index contributed by atoms with van der Waals surface area (Å²) < 4.78 is 0. The first kappa shape index (κ1) is 35.2. The van der Waals surface area contributed by atoms with Crippen LogP contribution in [0, 0.1) is 13.8 Å². The largest absolute Gasteiger partial charge is 0.507 e. The Bertz CT molecular complexity index is 1760. The molecule has 6 heteroatoms. The SMILES string of the molecule is Cc1cc2c(O)c(c1)CN[C@@H](c1ccccc1)[C@H](c1ccccc1)NCc1cc(C)cc(c1O)CN[C@@H](c1ccccc1)[C@H](c1ccccc1)NC2. The van der Waals surface area contributed by atoms with Gasteiger partial charge in [-0.2, -0.15) is 0 Å². The van der Waals surface area contributed by atoms with Crippen LogP contribution in [-0.2, 0) is 26.2 Å². The van der Waals surface area contributed by atoms with Crippen LogP contribution >= 0.6 is 0 Å². The smallest absolute Gasteiger partial charge is 0.124 e. The van der Waals surface area contributed by atoms with Gasteiger partial charge in [-0.05, 0) is 36.1 Å². The highest BCUT2D eigenvalue weighted by Crippen LogP contribution is 2.35. The number of hydrogen-bond donors (Lipinski definition) is 6. The zero-order valence-electron chi connectivity index (χ0n) is 29.9. The van der Waals surface area contributed by atoms with E-state index in [-0.39, 0.29) is 24.2 Å². The maximum atomic E-state index is 11.8. The summed E-state index contributed by atoms with van der Waals surface area (Å²) in [5, 5.41) is 39.1. The van der Waals surface area contributed by atoms with Crippen molar-refractivity contribution in [1.29, 1.82) is 0 Å². The van der Waals surface area contributed by atoms with Gasteiger partial charge in [-0.3, -0.25) is 0 Å². The van der Waals surface area contributed by atoms with Crippen molar-refractivity contribution >= 4 is 0 Å². The highest BCUT2D eigenvalue weighted by atomic mass is 16.3. The van der Waals surface area contributed by atoms with Gasteiger partial charge in [-0.1, -0.05) is 157 Å². The third kappa shape index (κ3) is 8.12. The van der Waals surface area contributed by atoms with E-state index in [2.05, 4.69) is 156 Å². The minimum atomic E-state index is -0.147. The second kappa shape index (κ2) is 16.4. The van der Waals surface area contributed by atoms with Crippen molar-refractivity contribution in [2.24, 2.45) is 0 Å². The first-order valence-electron chi connectivity index (χ1n) is 18.2.